The summed E-state index contributed by atoms with van der Waals surface area (Å²) < 4.78 is 5.31. The highest BCUT2D eigenvalue weighted by Gasteiger charge is 2.24. The Morgan fingerprint density at radius 2 is 2.38 bits per heavy atom. The normalized spacial score (nSPS) is 19.2. The summed E-state index contributed by atoms with van der Waals surface area (Å²) in [4.78, 5) is 4.64. The van der Waals surface area contributed by atoms with E-state index in [-0.39, 0.29) is 0 Å². The lowest BCUT2D eigenvalue weighted by atomic mass is 10.0. The van der Waals surface area contributed by atoms with Gasteiger partial charge >= 0.3 is 0 Å². The molecular formula is C15H21N5O. The van der Waals surface area contributed by atoms with Gasteiger partial charge in [0.25, 0.3) is 0 Å². The van der Waals surface area contributed by atoms with Crippen LogP contribution in [0.5, 0.6) is 0 Å². The summed E-state index contributed by atoms with van der Waals surface area (Å²) in [5, 5.41) is 12.1. The van der Waals surface area contributed by atoms with E-state index in [9.17, 15) is 0 Å². The molecule has 0 aliphatic carbocycles. The zero-order chi connectivity index (χ0) is 14.7. The van der Waals surface area contributed by atoms with E-state index < -0.39 is 0 Å². The van der Waals surface area contributed by atoms with Crippen LogP contribution in [0.2, 0.25) is 0 Å². The molecule has 0 radical (unpaired) electrons. The maximum Gasteiger partial charge on any atom is 0.151 e. The van der Waals surface area contributed by atoms with Gasteiger partial charge in [0.2, 0.25) is 0 Å². The van der Waals surface area contributed by atoms with Crippen LogP contribution < -0.4 is 4.90 Å². The summed E-state index contributed by atoms with van der Waals surface area (Å²) in [5.41, 5.74) is 0.934. The Morgan fingerprint density at radius 3 is 3.10 bits per heavy atom. The van der Waals surface area contributed by atoms with Crippen LogP contribution >= 0.6 is 0 Å². The Hall–Kier alpha value is -1.95. The van der Waals surface area contributed by atoms with Gasteiger partial charge in [-0.3, -0.25) is 4.90 Å². The average Bonchev–Trinajstić information content (AvgIpc) is 2.93. The number of anilines is 1. The number of hydrogen-bond acceptors (Lipinski definition) is 6. The standard InChI is InChI=1S/C15H21N5O/c1-12-9-14(21-18-12)11-19(2)13-5-4-8-20(10-13)15-6-3-7-16-17-15/h3,6-7,9,13H,4-5,8,10-11H2,1-2H3/t13-/m0/s1. The van der Waals surface area contributed by atoms with Crippen molar-refractivity contribution in [3.05, 3.63) is 35.9 Å². The van der Waals surface area contributed by atoms with E-state index in [0.29, 0.717) is 6.04 Å². The van der Waals surface area contributed by atoms with Gasteiger partial charge in [-0.05, 0) is 38.9 Å². The zero-order valence-corrected chi connectivity index (χ0v) is 12.6. The maximum absolute atomic E-state index is 5.31. The molecule has 0 spiro atoms. The van der Waals surface area contributed by atoms with E-state index in [1.807, 2.05) is 25.1 Å². The molecule has 0 amide bonds. The highest BCUT2D eigenvalue weighted by molar-refractivity contribution is 5.37. The summed E-state index contributed by atoms with van der Waals surface area (Å²) in [7, 11) is 2.14. The first-order valence-electron chi connectivity index (χ1n) is 7.37. The van der Waals surface area contributed by atoms with Gasteiger partial charge in [0.05, 0.1) is 12.2 Å². The van der Waals surface area contributed by atoms with Crippen molar-refractivity contribution < 1.29 is 4.52 Å². The Labute approximate surface area is 124 Å². The molecule has 2 aromatic rings. The quantitative estimate of drug-likeness (QED) is 0.855. The number of piperidine rings is 1. The predicted molar refractivity (Wildman–Crippen MR) is 80.0 cm³/mol. The molecule has 2 aromatic heterocycles. The number of likely N-dealkylation sites (N-methyl/N-ethyl adjacent to an activating group) is 1. The molecule has 0 aromatic carbocycles. The summed E-state index contributed by atoms with van der Waals surface area (Å²) in [6.07, 6.45) is 4.07. The van der Waals surface area contributed by atoms with Gasteiger partial charge in [0.15, 0.2) is 11.6 Å². The fraction of sp³-hybridized carbons (Fsp3) is 0.533. The van der Waals surface area contributed by atoms with Crippen molar-refractivity contribution in [3.63, 3.8) is 0 Å². The first-order valence-corrected chi connectivity index (χ1v) is 7.37. The van der Waals surface area contributed by atoms with E-state index in [0.717, 1.165) is 36.9 Å². The van der Waals surface area contributed by atoms with Crippen LogP contribution in [0.15, 0.2) is 28.9 Å². The van der Waals surface area contributed by atoms with Gasteiger partial charge in [-0.2, -0.15) is 5.10 Å². The van der Waals surface area contributed by atoms with Crippen molar-refractivity contribution in [2.45, 2.75) is 32.4 Å². The lowest BCUT2D eigenvalue weighted by Crippen LogP contribution is -2.46. The molecule has 6 nitrogen and oxygen atoms in total. The molecule has 3 rings (SSSR count). The molecule has 112 valence electrons. The molecule has 0 bridgehead atoms. The highest BCUT2D eigenvalue weighted by atomic mass is 16.5. The van der Waals surface area contributed by atoms with Gasteiger partial charge in [-0.1, -0.05) is 5.16 Å². The number of aromatic nitrogens is 3. The topological polar surface area (TPSA) is 58.3 Å². The van der Waals surface area contributed by atoms with Crippen molar-refractivity contribution in [1.82, 2.24) is 20.3 Å². The van der Waals surface area contributed by atoms with E-state index in [4.69, 9.17) is 4.52 Å². The van der Waals surface area contributed by atoms with Gasteiger partial charge < -0.3 is 9.42 Å². The minimum atomic E-state index is 0.492. The maximum atomic E-state index is 5.31. The van der Waals surface area contributed by atoms with E-state index >= 15 is 0 Å². The molecule has 21 heavy (non-hydrogen) atoms. The number of hydrogen-bond donors (Lipinski definition) is 0. The minimum Gasteiger partial charge on any atom is -0.360 e. The molecule has 1 fully saturated rings. The smallest absolute Gasteiger partial charge is 0.151 e. The molecule has 0 saturated carbocycles. The minimum absolute atomic E-state index is 0.492. The second-order valence-corrected chi connectivity index (χ2v) is 5.67. The zero-order valence-electron chi connectivity index (χ0n) is 12.6. The fourth-order valence-electron chi connectivity index (χ4n) is 2.85. The van der Waals surface area contributed by atoms with Gasteiger partial charge in [-0.15, -0.1) is 5.10 Å². The fourth-order valence-corrected chi connectivity index (χ4v) is 2.85. The van der Waals surface area contributed by atoms with Gasteiger partial charge in [0.1, 0.15) is 0 Å². The lowest BCUT2D eigenvalue weighted by molar-refractivity contribution is 0.186. The van der Waals surface area contributed by atoms with Gasteiger partial charge in [-0.25, -0.2) is 0 Å². The SMILES string of the molecule is Cc1cc(CN(C)[C@H]2CCCN(c3cccnn3)C2)on1. The van der Waals surface area contributed by atoms with Crippen molar-refractivity contribution in [1.29, 1.82) is 0 Å². The summed E-state index contributed by atoms with van der Waals surface area (Å²) in [6.45, 7) is 4.76. The first-order chi connectivity index (χ1) is 10.2. The van der Waals surface area contributed by atoms with Gasteiger partial charge in [0, 0.05) is 31.4 Å². The molecule has 1 aliphatic rings. The predicted octanol–water partition coefficient (Wildman–Crippen LogP) is 1.87. The molecule has 1 atom stereocenters. The second-order valence-electron chi connectivity index (χ2n) is 5.67. The van der Waals surface area contributed by atoms with Crippen LogP contribution in [-0.4, -0.2) is 46.4 Å². The summed E-state index contributed by atoms with van der Waals surface area (Å²) in [5.74, 6) is 1.89. The molecular weight excluding hydrogens is 266 g/mol. The second kappa shape index (κ2) is 6.22. The van der Waals surface area contributed by atoms with Crippen molar-refractivity contribution in [2.24, 2.45) is 0 Å². The van der Waals surface area contributed by atoms with Crippen LogP contribution in [0, 0.1) is 6.92 Å². The molecule has 6 heteroatoms. The van der Waals surface area contributed by atoms with Crippen LogP contribution in [-0.2, 0) is 6.54 Å². The van der Waals surface area contributed by atoms with Crippen LogP contribution in [0.4, 0.5) is 5.82 Å². The molecule has 0 N–H and O–H groups in total. The van der Waals surface area contributed by atoms with Crippen LogP contribution in [0.3, 0.4) is 0 Å². The van der Waals surface area contributed by atoms with Crippen LogP contribution in [0.1, 0.15) is 24.3 Å². The van der Waals surface area contributed by atoms with Crippen molar-refractivity contribution >= 4 is 5.82 Å². The van der Waals surface area contributed by atoms with E-state index in [1.54, 1.807) is 6.20 Å². The Bertz CT molecular complexity index is 570. The van der Waals surface area contributed by atoms with Crippen molar-refractivity contribution in [3.8, 4) is 0 Å². The Morgan fingerprint density at radius 1 is 1.48 bits per heavy atom. The molecule has 1 saturated heterocycles. The third kappa shape index (κ3) is 3.39. The first kappa shape index (κ1) is 14.0. The highest BCUT2D eigenvalue weighted by Crippen LogP contribution is 2.20. The molecule has 0 unspecified atom stereocenters. The number of aryl methyl sites for hydroxylation is 1. The largest absolute Gasteiger partial charge is 0.360 e. The van der Waals surface area contributed by atoms with E-state index in [1.165, 1.54) is 12.8 Å². The lowest BCUT2D eigenvalue weighted by Gasteiger charge is -2.37. The molecule has 3 heterocycles. The molecule has 1 aliphatic heterocycles. The number of nitrogens with zero attached hydrogens (tertiary/aromatic N) is 5. The summed E-state index contributed by atoms with van der Waals surface area (Å²) >= 11 is 0. The Kier molecular flexibility index (Phi) is 4.15. The van der Waals surface area contributed by atoms with Crippen molar-refractivity contribution in [2.75, 3.05) is 25.0 Å². The third-order valence-electron chi connectivity index (χ3n) is 3.98. The Balaban J connectivity index is 1.62. The summed E-state index contributed by atoms with van der Waals surface area (Å²) in [6, 6.07) is 6.45. The monoisotopic (exact) mass is 287 g/mol. The third-order valence-corrected chi connectivity index (χ3v) is 3.98. The average molecular weight is 287 g/mol. The van der Waals surface area contributed by atoms with Crippen LogP contribution in [0.25, 0.3) is 0 Å². The number of rotatable bonds is 4. The van der Waals surface area contributed by atoms with E-state index in [2.05, 4.69) is 32.2 Å².